The van der Waals surface area contributed by atoms with Crippen molar-refractivity contribution in [2.45, 2.75) is 32.7 Å². The number of para-hydroxylation sites is 2. The quantitative estimate of drug-likeness (QED) is 0.781. The van der Waals surface area contributed by atoms with Gasteiger partial charge in [0.05, 0.1) is 18.7 Å². The van der Waals surface area contributed by atoms with Crippen molar-refractivity contribution in [3.63, 3.8) is 0 Å². The van der Waals surface area contributed by atoms with Gasteiger partial charge in [0.2, 0.25) is 11.8 Å². The summed E-state index contributed by atoms with van der Waals surface area (Å²) in [6.45, 7) is 3.85. The summed E-state index contributed by atoms with van der Waals surface area (Å²) in [4.78, 5) is 37.7. The van der Waals surface area contributed by atoms with Gasteiger partial charge in [0, 0.05) is 13.0 Å². The largest absolute Gasteiger partial charge is 0.495 e. The maximum absolute atomic E-state index is 12.5. The molecule has 7 heteroatoms. The number of ether oxygens (including phenoxy) is 1. The summed E-state index contributed by atoms with van der Waals surface area (Å²) >= 11 is 0. The highest BCUT2D eigenvalue weighted by atomic mass is 16.5. The number of hydrogen-bond acceptors (Lipinski definition) is 4. The highest BCUT2D eigenvalue weighted by Crippen LogP contribution is 2.32. The molecule has 1 saturated heterocycles. The van der Waals surface area contributed by atoms with Crippen molar-refractivity contribution in [3.8, 4) is 5.75 Å². The summed E-state index contributed by atoms with van der Waals surface area (Å²) in [6, 6.07) is 6.15. The molecule has 3 atom stereocenters. The maximum Gasteiger partial charge on any atom is 0.326 e. The molecule has 2 amide bonds. The van der Waals surface area contributed by atoms with E-state index in [0.29, 0.717) is 17.9 Å². The topological polar surface area (TPSA) is 95.9 Å². The van der Waals surface area contributed by atoms with Crippen molar-refractivity contribution in [2.75, 3.05) is 18.6 Å². The van der Waals surface area contributed by atoms with Crippen LogP contribution in [0.1, 0.15) is 26.7 Å². The standard InChI is InChI=1S/C18H24N2O5/c1-4-11(2)16(18(23)24)19-17(22)12-9-15(21)20(10-12)13-7-5-6-8-14(13)25-3/h5-8,11-12,16H,4,9-10H2,1-3H3,(H,19,22)(H,23,24). The molecule has 1 fully saturated rings. The summed E-state index contributed by atoms with van der Waals surface area (Å²) < 4.78 is 5.27. The van der Waals surface area contributed by atoms with E-state index < -0.39 is 23.8 Å². The van der Waals surface area contributed by atoms with Crippen LogP contribution >= 0.6 is 0 Å². The monoisotopic (exact) mass is 348 g/mol. The maximum atomic E-state index is 12.5. The summed E-state index contributed by atoms with van der Waals surface area (Å²) in [7, 11) is 1.52. The first-order valence-electron chi connectivity index (χ1n) is 8.35. The number of nitrogens with zero attached hydrogens (tertiary/aromatic N) is 1. The number of carbonyl (C=O) groups is 3. The molecule has 0 spiro atoms. The Kier molecular flexibility index (Phi) is 6.01. The molecule has 136 valence electrons. The van der Waals surface area contributed by atoms with Crippen molar-refractivity contribution >= 4 is 23.5 Å². The molecule has 25 heavy (non-hydrogen) atoms. The van der Waals surface area contributed by atoms with Gasteiger partial charge in [-0.05, 0) is 18.1 Å². The van der Waals surface area contributed by atoms with E-state index >= 15 is 0 Å². The average molecular weight is 348 g/mol. The Hall–Kier alpha value is -2.57. The van der Waals surface area contributed by atoms with Crippen LogP contribution in [-0.2, 0) is 14.4 Å². The number of amides is 2. The molecule has 2 N–H and O–H groups in total. The van der Waals surface area contributed by atoms with E-state index in [0.717, 1.165) is 0 Å². The molecule has 0 aromatic heterocycles. The molecule has 3 unspecified atom stereocenters. The molecule has 0 saturated carbocycles. The lowest BCUT2D eigenvalue weighted by molar-refractivity contribution is -0.143. The number of methoxy groups -OCH3 is 1. The van der Waals surface area contributed by atoms with E-state index in [4.69, 9.17) is 4.74 Å². The van der Waals surface area contributed by atoms with Gasteiger partial charge in [-0.1, -0.05) is 32.4 Å². The zero-order chi connectivity index (χ0) is 18.6. The highest BCUT2D eigenvalue weighted by Gasteiger charge is 2.38. The first kappa shape index (κ1) is 18.8. The average Bonchev–Trinajstić information content (AvgIpc) is 3.00. The zero-order valence-corrected chi connectivity index (χ0v) is 14.7. The van der Waals surface area contributed by atoms with Gasteiger partial charge in [0.15, 0.2) is 0 Å². The van der Waals surface area contributed by atoms with Gasteiger partial charge in [-0.25, -0.2) is 4.79 Å². The van der Waals surface area contributed by atoms with Gasteiger partial charge < -0.3 is 20.1 Å². The number of carboxylic acid groups (broad SMARTS) is 1. The van der Waals surface area contributed by atoms with Crippen LogP contribution in [0.3, 0.4) is 0 Å². The molecule has 1 aliphatic heterocycles. The Morgan fingerprint density at radius 3 is 2.68 bits per heavy atom. The van der Waals surface area contributed by atoms with Crippen LogP contribution in [0.15, 0.2) is 24.3 Å². The zero-order valence-electron chi connectivity index (χ0n) is 14.7. The fourth-order valence-corrected chi connectivity index (χ4v) is 2.92. The molecule has 1 heterocycles. The molecule has 0 bridgehead atoms. The molecule has 0 aliphatic carbocycles. The van der Waals surface area contributed by atoms with Crippen LogP contribution in [0, 0.1) is 11.8 Å². The van der Waals surface area contributed by atoms with E-state index in [2.05, 4.69) is 5.32 Å². The Balaban J connectivity index is 2.11. The molecule has 0 radical (unpaired) electrons. The third kappa shape index (κ3) is 4.10. The third-order valence-electron chi connectivity index (χ3n) is 4.65. The number of benzene rings is 1. The molecule has 1 aromatic carbocycles. The van der Waals surface area contributed by atoms with Gasteiger partial charge in [0.1, 0.15) is 11.8 Å². The lowest BCUT2D eigenvalue weighted by Gasteiger charge is -2.22. The van der Waals surface area contributed by atoms with Crippen LogP contribution in [0.5, 0.6) is 5.75 Å². The Bertz CT molecular complexity index is 661. The second kappa shape index (κ2) is 8.00. The first-order chi connectivity index (χ1) is 11.9. The van der Waals surface area contributed by atoms with Gasteiger partial charge >= 0.3 is 5.97 Å². The second-order valence-electron chi connectivity index (χ2n) is 6.29. The molecule has 7 nitrogen and oxygen atoms in total. The second-order valence-corrected chi connectivity index (χ2v) is 6.29. The van der Waals surface area contributed by atoms with Crippen LogP contribution in [-0.4, -0.2) is 42.6 Å². The number of aliphatic carboxylic acids is 1. The van der Waals surface area contributed by atoms with E-state index in [1.165, 1.54) is 12.0 Å². The first-order valence-corrected chi connectivity index (χ1v) is 8.35. The van der Waals surface area contributed by atoms with E-state index in [9.17, 15) is 19.5 Å². The third-order valence-corrected chi connectivity index (χ3v) is 4.65. The molecular formula is C18H24N2O5. The number of carboxylic acids is 1. The summed E-state index contributed by atoms with van der Waals surface area (Å²) in [6.07, 6.45) is 0.685. The predicted octanol–water partition coefficient (Wildman–Crippen LogP) is 1.66. The van der Waals surface area contributed by atoms with Gasteiger partial charge in [-0.2, -0.15) is 0 Å². The van der Waals surface area contributed by atoms with Crippen molar-refractivity contribution in [1.29, 1.82) is 0 Å². The number of carbonyl (C=O) groups excluding carboxylic acids is 2. The van der Waals surface area contributed by atoms with Crippen LogP contribution in [0.25, 0.3) is 0 Å². The number of hydrogen-bond donors (Lipinski definition) is 2. The van der Waals surface area contributed by atoms with Crippen LogP contribution in [0.4, 0.5) is 5.69 Å². The van der Waals surface area contributed by atoms with Crippen molar-refractivity contribution in [3.05, 3.63) is 24.3 Å². The minimum atomic E-state index is -1.06. The fraction of sp³-hybridized carbons (Fsp3) is 0.500. The van der Waals surface area contributed by atoms with Crippen molar-refractivity contribution in [1.82, 2.24) is 5.32 Å². The minimum Gasteiger partial charge on any atom is -0.495 e. The summed E-state index contributed by atoms with van der Waals surface area (Å²) in [5, 5.41) is 11.9. The number of nitrogens with one attached hydrogen (secondary N) is 1. The smallest absolute Gasteiger partial charge is 0.326 e. The number of rotatable bonds is 7. The Morgan fingerprint density at radius 1 is 1.40 bits per heavy atom. The lowest BCUT2D eigenvalue weighted by Crippen LogP contribution is -2.47. The molecule has 2 rings (SSSR count). The molecule has 1 aliphatic rings. The van der Waals surface area contributed by atoms with Crippen LogP contribution < -0.4 is 15.0 Å². The lowest BCUT2D eigenvalue weighted by atomic mass is 9.98. The predicted molar refractivity (Wildman–Crippen MR) is 92.5 cm³/mol. The normalized spacial score (nSPS) is 19.4. The van der Waals surface area contributed by atoms with Crippen molar-refractivity contribution < 1.29 is 24.2 Å². The SMILES string of the molecule is CCC(C)C(NC(=O)C1CC(=O)N(c2ccccc2OC)C1)C(=O)O. The van der Waals surface area contributed by atoms with E-state index in [1.54, 1.807) is 31.2 Å². The molecule has 1 aromatic rings. The van der Waals surface area contributed by atoms with Crippen molar-refractivity contribution in [2.24, 2.45) is 11.8 Å². The Labute approximate surface area is 147 Å². The van der Waals surface area contributed by atoms with Gasteiger partial charge in [-0.15, -0.1) is 0 Å². The number of anilines is 1. The summed E-state index contributed by atoms with van der Waals surface area (Å²) in [5.41, 5.74) is 0.613. The Morgan fingerprint density at radius 2 is 2.08 bits per heavy atom. The minimum absolute atomic E-state index is 0.0523. The van der Waals surface area contributed by atoms with E-state index in [-0.39, 0.29) is 24.8 Å². The van der Waals surface area contributed by atoms with E-state index in [1.807, 2.05) is 6.92 Å². The van der Waals surface area contributed by atoms with Crippen LogP contribution in [0.2, 0.25) is 0 Å². The molecular weight excluding hydrogens is 324 g/mol. The fourth-order valence-electron chi connectivity index (χ4n) is 2.92. The highest BCUT2D eigenvalue weighted by molar-refractivity contribution is 6.01. The van der Waals surface area contributed by atoms with Gasteiger partial charge in [-0.3, -0.25) is 9.59 Å². The summed E-state index contributed by atoms with van der Waals surface area (Å²) in [5.74, 6) is -1.86. The van der Waals surface area contributed by atoms with Gasteiger partial charge in [0.25, 0.3) is 0 Å².